The van der Waals surface area contributed by atoms with Crippen molar-refractivity contribution in [3.05, 3.63) is 90.4 Å². The molecule has 0 aliphatic carbocycles. The lowest BCUT2D eigenvalue weighted by Crippen LogP contribution is -2.27. The Morgan fingerprint density at radius 2 is 1.74 bits per heavy atom. The molecule has 6 nitrogen and oxygen atoms in total. The van der Waals surface area contributed by atoms with Gasteiger partial charge in [-0.1, -0.05) is 42.5 Å². The van der Waals surface area contributed by atoms with E-state index < -0.39 is 5.82 Å². The van der Waals surface area contributed by atoms with Crippen LogP contribution in [0.15, 0.2) is 83.9 Å². The summed E-state index contributed by atoms with van der Waals surface area (Å²) in [6.45, 7) is 0.983. The van der Waals surface area contributed by atoms with E-state index in [9.17, 15) is 14.0 Å². The highest BCUT2D eigenvalue weighted by Gasteiger charge is 2.14. The predicted molar refractivity (Wildman–Crippen MR) is 133 cm³/mol. The lowest BCUT2D eigenvalue weighted by molar-refractivity contribution is -0.113. The summed E-state index contributed by atoms with van der Waals surface area (Å²) >= 11 is 1.39. The van der Waals surface area contributed by atoms with Crippen molar-refractivity contribution in [2.75, 3.05) is 24.7 Å². The van der Waals surface area contributed by atoms with Crippen LogP contribution in [0, 0.1) is 5.82 Å². The van der Waals surface area contributed by atoms with Crippen molar-refractivity contribution in [2.45, 2.75) is 11.4 Å². The van der Waals surface area contributed by atoms with Crippen molar-refractivity contribution in [3.8, 4) is 5.75 Å². The molecule has 1 heterocycles. The maximum Gasteiger partial charge on any atom is 0.255 e. The summed E-state index contributed by atoms with van der Waals surface area (Å²) in [5, 5.41) is 6.56. The molecule has 0 radical (unpaired) electrons. The second kappa shape index (κ2) is 10.9. The molecule has 2 N–H and O–H groups in total. The Labute approximate surface area is 201 Å². The van der Waals surface area contributed by atoms with Gasteiger partial charge in [0.15, 0.2) is 0 Å². The van der Waals surface area contributed by atoms with Gasteiger partial charge in [0.25, 0.3) is 5.91 Å². The molecule has 34 heavy (non-hydrogen) atoms. The number of anilines is 1. The second-order valence-corrected chi connectivity index (χ2v) is 8.49. The fourth-order valence-corrected chi connectivity index (χ4v) is 4.51. The number of thioether (sulfide) groups is 1. The molecular formula is C26H24FN3O3S. The van der Waals surface area contributed by atoms with Crippen molar-refractivity contribution < 1.29 is 18.7 Å². The summed E-state index contributed by atoms with van der Waals surface area (Å²) < 4.78 is 21.1. The zero-order valence-electron chi connectivity index (χ0n) is 18.6. The Bertz CT molecular complexity index is 1320. The third kappa shape index (κ3) is 5.40. The number of carbonyl (C=O) groups is 2. The average Bonchev–Trinajstić information content (AvgIpc) is 3.21. The van der Waals surface area contributed by atoms with Gasteiger partial charge >= 0.3 is 0 Å². The summed E-state index contributed by atoms with van der Waals surface area (Å²) in [5.74, 6) is -0.275. The topological polar surface area (TPSA) is 72.4 Å². The Balaban J connectivity index is 1.40. The summed E-state index contributed by atoms with van der Waals surface area (Å²) in [4.78, 5) is 25.9. The van der Waals surface area contributed by atoms with Crippen LogP contribution < -0.4 is 15.4 Å². The molecule has 174 valence electrons. The Morgan fingerprint density at radius 3 is 2.56 bits per heavy atom. The standard InChI is InChI=1S/C26H24FN3O3S/c1-33-23-13-7-3-9-19(23)26(32)28-14-15-30-16-24(18-8-2-6-12-22(18)30)34-17-25(31)29-21-11-5-4-10-20(21)27/h2-13,16H,14-15,17H2,1H3,(H,28,32)(H,29,31). The van der Waals surface area contributed by atoms with E-state index in [1.165, 1.54) is 31.0 Å². The van der Waals surface area contributed by atoms with Crippen molar-refractivity contribution >= 4 is 40.2 Å². The predicted octanol–water partition coefficient (Wildman–Crippen LogP) is 4.95. The van der Waals surface area contributed by atoms with Crippen LogP contribution in [0.25, 0.3) is 10.9 Å². The van der Waals surface area contributed by atoms with Crippen LogP contribution in [0.1, 0.15) is 10.4 Å². The molecular weight excluding hydrogens is 453 g/mol. The number of hydrogen-bond acceptors (Lipinski definition) is 4. The van der Waals surface area contributed by atoms with Crippen LogP contribution in [-0.4, -0.2) is 35.8 Å². The first kappa shape index (κ1) is 23.4. The molecule has 1 aromatic heterocycles. The van der Waals surface area contributed by atoms with Crippen LogP contribution in [-0.2, 0) is 11.3 Å². The number of benzene rings is 3. The fourth-order valence-electron chi connectivity index (χ4n) is 3.62. The number of para-hydroxylation sites is 3. The van der Waals surface area contributed by atoms with Crippen LogP contribution in [0.2, 0.25) is 0 Å². The highest BCUT2D eigenvalue weighted by atomic mass is 32.2. The highest BCUT2D eigenvalue weighted by Crippen LogP contribution is 2.30. The first-order valence-electron chi connectivity index (χ1n) is 10.7. The lowest BCUT2D eigenvalue weighted by atomic mass is 10.2. The first-order valence-corrected chi connectivity index (χ1v) is 11.7. The number of nitrogens with one attached hydrogen (secondary N) is 2. The fraction of sp³-hybridized carbons (Fsp3) is 0.154. The van der Waals surface area contributed by atoms with Gasteiger partial charge < -0.3 is 19.9 Å². The van der Waals surface area contributed by atoms with Crippen molar-refractivity contribution in [3.63, 3.8) is 0 Å². The Hall–Kier alpha value is -3.78. The number of nitrogens with zero attached hydrogens (tertiary/aromatic N) is 1. The number of aromatic nitrogens is 1. The maximum atomic E-state index is 13.8. The van der Waals surface area contributed by atoms with Crippen LogP contribution >= 0.6 is 11.8 Å². The summed E-state index contributed by atoms with van der Waals surface area (Å²) in [6.07, 6.45) is 1.97. The van der Waals surface area contributed by atoms with E-state index in [2.05, 4.69) is 15.2 Å². The first-order chi connectivity index (χ1) is 16.6. The van der Waals surface area contributed by atoms with Gasteiger partial charge in [-0.2, -0.15) is 0 Å². The Kier molecular flexibility index (Phi) is 7.49. The zero-order chi connectivity index (χ0) is 23.9. The van der Waals surface area contributed by atoms with E-state index in [-0.39, 0.29) is 23.3 Å². The molecule has 3 aromatic carbocycles. The number of amides is 2. The normalized spacial score (nSPS) is 10.8. The van der Waals surface area contributed by atoms with Crippen molar-refractivity contribution in [1.29, 1.82) is 0 Å². The van der Waals surface area contributed by atoms with Gasteiger partial charge in [0.1, 0.15) is 11.6 Å². The maximum absolute atomic E-state index is 13.8. The molecule has 0 bridgehead atoms. The molecule has 4 rings (SSSR count). The molecule has 4 aromatic rings. The lowest BCUT2D eigenvalue weighted by Gasteiger charge is -2.10. The molecule has 0 aliphatic rings. The third-order valence-corrected chi connectivity index (χ3v) is 6.29. The number of hydrogen-bond donors (Lipinski definition) is 2. The molecule has 8 heteroatoms. The molecule has 0 aliphatic heterocycles. The van der Waals surface area contributed by atoms with Crippen LogP contribution in [0.4, 0.5) is 10.1 Å². The van der Waals surface area contributed by atoms with Gasteiger partial charge in [0, 0.05) is 35.1 Å². The number of fused-ring (bicyclic) bond motifs is 1. The van der Waals surface area contributed by atoms with Crippen molar-refractivity contribution in [2.24, 2.45) is 0 Å². The van der Waals surface area contributed by atoms with Gasteiger partial charge in [-0.25, -0.2) is 4.39 Å². The summed E-state index contributed by atoms with van der Waals surface area (Å²) in [6, 6.07) is 21.1. The van der Waals surface area contributed by atoms with E-state index >= 15 is 0 Å². The number of halogens is 1. The van der Waals surface area contributed by atoms with Gasteiger partial charge in [0.2, 0.25) is 5.91 Å². The molecule has 0 fully saturated rings. The molecule has 2 amide bonds. The minimum atomic E-state index is -0.465. The number of methoxy groups -OCH3 is 1. The minimum Gasteiger partial charge on any atom is -0.496 e. The van der Waals surface area contributed by atoms with Gasteiger partial charge in [0.05, 0.1) is 24.1 Å². The van der Waals surface area contributed by atoms with Crippen LogP contribution in [0.5, 0.6) is 5.75 Å². The average molecular weight is 478 g/mol. The largest absolute Gasteiger partial charge is 0.496 e. The quantitative estimate of drug-likeness (QED) is 0.335. The highest BCUT2D eigenvalue weighted by molar-refractivity contribution is 8.00. The molecule has 0 spiro atoms. The summed E-state index contributed by atoms with van der Waals surface area (Å²) in [5.41, 5.74) is 1.66. The van der Waals surface area contributed by atoms with E-state index in [1.54, 1.807) is 30.3 Å². The molecule has 0 unspecified atom stereocenters. The van der Waals surface area contributed by atoms with Gasteiger partial charge in [-0.05, 0) is 30.3 Å². The number of rotatable bonds is 9. The molecule has 0 saturated heterocycles. The summed E-state index contributed by atoms with van der Waals surface area (Å²) in [7, 11) is 1.54. The van der Waals surface area contributed by atoms with E-state index in [4.69, 9.17) is 4.74 Å². The molecule has 0 saturated carbocycles. The smallest absolute Gasteiger partial charge is 0.255 e. The van der Waals surface area contributed by atoms with Crippen molar-refractivity contribution in [1.82, 2.24) is 9.88 Å². The number of carbonyl (C=O) groups excluding carboxylic acids is 2. The number of ether oxygens (including phenoxy) is 1. The van der Waals surface area contributed by atoms with E-state index in [1.807, 2.05) is 36.5 Å². The van der Waals surface area contributed by atoms with E-state index in [0.717, 1.165) is 15.8 Å². The Morgan fingerprint density at radius 1 is 1.00 bits per heavy atom. The van der Waals surface area contributed by atoms with E-state index in [0.29, 0.717) is 24.4 Å². The zero-order valence-corrected chi connectivity index (χ0v) is 19.4. The SMILES string of the molecule is COc1ccccc1C(=O)NCCn1cc(SCC(=O)Nc2ccccc2F)c2ccccc21. The van der Waals surface area contributed by atoms with Crippen LogP contribution in [0.3, 0.4) is 0 Å². The monoisotopic (exact) mass is 477 g/mol. The van der Waals surface area contributed by atoms with Gasteiger partial charge in [-0.15, -0.1) is 11.8 Å². The second-order valence-electron chi connectivity index (χ2n) is 7.48. The minimum absolute atomic E-state index is 0.146. The third-order valence-electron chi connectivity index (χ3n) is 5.25. The van der Waals surface area contributed by atoms with Gasteiger partial charge in [-0.3, -0.25) is 9.59 Å². The molecule has 0 atom stereocenters.